The number of unbranched alkanes of at least 4 members (excludes halogenated alkanes) is 4. The number of ether oxygens (including phenoxy) is 3. The summed E-state index contributed by atoms with van der Waals surface area (Å²) in [7, 11) is 1.96. The molecule has 1 unspecified atom stereocenters. The number of nitrogens with zero attached hydrogens (tertiary/aromatic N) is 5. The lowest BCUT2D eigenvalue weighted by Gasteiger charge is -2.22. The maximum absolute atomic E-state index is 11.4. The molecule has 1 amide bonds. The second kappa shape index (κ2) is 67.5. The van der Waals surface area contributed by atoms with Crippen LogP contribution in [-0.4, -0.2) is 104 Å². The highest BCUT2D eigenvalue weighted by atomic mass is 16.6. The van der Waals surface area contributed by atoms with Crippen LogP contribution in [-0.2, 0) is 50.9 Å². The van der Waals surface area contributed by atoms with Gasteiger partial charge in [0.1, 0.15) is 11.2 Å². The van der Waals surface area contributed by atoms with Crippen LogP contribution in [0.2, 0.25) is 0 Å². The first-order valence-corrected chi connectivity index (χ1v) is 49.7. The zero-order chi connectivity index (χ0) is 100. The van der Waals surface area contributed by atoms with Gasteiger partial charge in [-0.05, 0) is 292 Å². The van der Waals surface area contributed by atoms with Crippen LogP contribution in [0.1, 0.15) is 468 Å². The van der Waals surface area contributed by atoms with Crippen LogP contribution in [0.15, 0.2) is 85.7 Å². The molecule has 1 saturated carbocycles. The first-order valence-electron chi connectivity index (χ1n) is 49.7. The van der Waals surface area contributed by atoms with Crippen LogP contribution < -0.4 is 16.8 Å². The highest BCUT2D eigenvalue weighted by Crippen LogP contribution is 2.36. The molecule has 2 aliphatic rings. The molecular formula is C112H220N8O7. The Hall–Kier alpha value is -4.67. The average molecular weight is 1790 g/mol. The number of aliphatic hydroxyl groups is 2. The van der Waals surface area contributed by atoms with Crippen molar-refractivity contribution in [2.75, 3.05) is 39.5 Å². The summed E-state index contributed by atoms with van der Waals surface area (Å²) < 4.78 is 19.7. The second-order valence-electron chi connectivity index (χ2n) is 52.2. The van der Waals surface area contributed by atoms with E-state index in [2.05, 4.69) is 292 Å². The third-order valence-corrected chi connectivity index (χ3v) is 19.1. The molecule has 15 heteroatoms. The van der Waals surface area contributed by atoms with Gasteiger partial charge in [-0.2, -0.15) is 10.2 Å². The number of carbonyl (C=O) groups excluding carboxylic acids is 2. The number of aryl methyl sites for hydroxylation is 2. The van der Waals surface area contributed by atoms with Crippen molar-refractivity contribution < 1.29 is 34.0 Å². The molecule has 1 aliphatic carbocycles. The first kappa shape index (κ1) is 133. The van der Waals surface area contributed by atoms with E-state index in [1.54, 1.807) is 6.20 Å². The highest BCUT2D eigenvalue weighted by molar-refractivity contribution is 5.69. The Balaban J connectivity index is -0.000000317. The van der Waals surface area contributed by atoms with Gasteiger partial charge in [-0.1, -0.05) is 316 Å². The van der Waals surface area contributed by atoms with E-state index in [4.69, 9.17) is 35.9 Å². The molecule has 0 bridgehead atoms. The average Bonchev–Trinajstić information content (AvgIpc) is 1.77. The van der Waals surface area contributed by atoms with Gasteiger partial charge < -0.3 is 41.2 Å². The lowest BCUT2D eigenvalue weighted by atomic mass is 9.84. The molecule has 1 saturated heterocycles. The molecule has 0 radical (unpaired) electrons. The van der Waals surface area contributed by atoms with Gasteiger partial charge in [0.25, 0.3) is 0 Å². The van der Waals surface area contributed by atoms with Crippen molar-refractivity contribution in [3.8, 4) is 0 Å². The molecule has 7 N–H and O–H groups in total. The normalized spacial score (nSPS) is 14.0. The molecule has 3 aromatic heterocycles. The number of alkyl carbamates (subject to hydrolysis) is 1. The second-order valence-corrected chi connectivity index (χ2v) is 52.2. The van der Waals surface area contributed by atoms with E-state index >= 15 is 0 Å². The van der Waals surface area contributed by atoms with Crippen molar-refractivity contribution >= 4 is 12.1 Å². The number of rotatable bonds is 23. The first-order chi connectivity index (χ1) is 57.3. The van der Waals surface area contributed by atoms with Gasteiger partial charge in [-0.25, -0.2) is 4.79 Å². The van der Waals surface area contributed by atoms with E-state index in [1.807, 2.05) is 116 Å². The van der Waals surface area contributed by atoms with Crippen LogP contribution >= 0.6 is 0 Å². The predicted molar refractivity (Wildman–Crippen MR) is 557 cm³/mol. The van der Waals surface area contributed by atoms with Crippen LogP contribution in [0.25, 0.3) is 0 Å². The van der Waals surface area contributed by atoms with E-state index < -0.39 is 5.60 Å². The molecule has 4 heterocycles. The molecule has 2 fully saturated rings. The Morgan fingerprint density at radius 1 is 0.441 bits per heavy atom. The molecule has 1 atom stereocenters. The number of aromatic nitrogens is 5. The Morgan fingerprint density at radius 3 is 1.21 bits per heavy atom. The van der Waals surface area contributed by atoms with Crippen LogP contribution in [0.3, 0.4) is 0 Å². The highest BCUT2D eigenvalue weighted by Gasteiger charge is 2.24. The Kier molecular flexibility index (Phi) is 70.7. The summed E-state index contributed by atoms with van der Waals surface area (Å²) in [6, 6.07) is 16.7. The molecule has 1 aliphatic heterocycles. The smallest absolute Gasteiger partial charge is 0.407 e. The lowest BCUT2D eigenvalue weighted by Crippen LogP contribution is -2.33. The van der Waals surface area contributed by atoms with Crippen molar-refractivity contribution in [1.29, 1.82) is 0 Å². The fourth-order valence-electron chi connectivity index (χ4n) is 12.5. The third-order valence-electron chi connectivity index (χ3n) is 19.1. The number of pyridine rings is 1. The van der Waals surface area contributed by atoms with E-state index in [0.717, 1.165) is 96.2 Å². The van der Waals surface area contributed by atoms with Gasteiger partial charge in [-0.15, -0.1) is 0 Å². The van der Waals surface area contributed by atoms with Gasteiger partial charge in [0, 0.05) is 70.8 Å². The molecule has 127 heavy (non-hydrogen) atoms. The minimum atomic E-state index is -0.407. The van der Waals surface area contributed by atoms with Gasteiger partial charge in [0.2, 0.25) is 0 Å². The van der Waals surface area contributed by atoms with Gasteiger partial charge >= 0.3 is 12.1 Å². The zero-order valence-corrected chi connectivity index (χ0v) is 92.6. The largest absolute Gasteiger partial charge is 0.460 e. The van der Waals surface area contributed by atoms with Crippen LogP contribution in [0.4, 0.5) is 4.79 Å². The van der Waals surface area contributed by atoms with E-state index in [9.17, 15) is 9.59 Å². The summed E-state index contributed by atoms with van der Waals surface area (Å²) in [5.41, 5.74) is 18.6. The van der Waals surface area contributed by atoms with Crippen molar-refractivity contribution in [3.05, 3.63) is 102 Å². The van der Waals surface area contributed by atoms with Crippen molar-refractivity contribution in [2.45, 2.75) is 493 Å². The fraction of sp³-hybridized carbons (Fsp3) is 0.830. The minimum absolute atomic E-state index is 0.0728. The monoisotopic (exact) mass is 1790 g/mol. The summed E-state index contributed by atoms with van der Waals surface area (Å²) >= 11 is 0. The van der Waals surface area contributed by atoms with Crippen molar-refractivity contribution in [3.63, 3.8) is 0 Å². The number of hydrogen-bond acceptors (Lipinski definition) is 12. The topological polar surface area (TPSA) is 215 Å². The van der Waals surface area contributed by atoms with Crippen molar-refractivity contribution in [2.24, 2.45) is 84.0 Å². The molecule has 4 aromatic rings. The summed E-state index contributed by atoms with van der Waals surface area (Å²) in [6.45, 7) is 95.4. The van der Waals surface area contributed by atoms with E-state index in [0.29, 0.717) is 79.8 Å². The standard InChI is InChI=1S/C13H27NO2.C13H26O2.C11H16.C10H18N2.C10H15N.C10H20O.C10H20.C8H19N.C8H18O.C7H12N2.C7H17N.C5H12O/c1-12(2,3)9-7-8-10-14-11(15)16-13(4,5)6;1-12(2,3)10-8-7-9-11(14)15-13(4,5)6;1-11(2,3)9-10-7-5-4-6-8-10;1-10(2,3)6-5-9-7-11-12(4)8-9;1-10(2,3)7-9-5-4-6-11-8-9;1-10(2,3)7-6-9-5-4-8-11-9;1-10(2,3)8-9-6-4-5-7-9;2*1-8(2,3)6-4-5-7-9;1-7(2,3)9-6-4-5-8-9;1-7(2,3)5-4-6-8;1-5(2,3)4-6/h7-10H2,1-6H3,(H,14,15);7-10H2,1-6H3;4-8H,9H2,1-3H3;7-8H,5-6H2,1-4H3;4-6,8H,7H2,1-3H3;9H,4-8H2,1-3H3;9H,4-8H2,1-3H3;4-7,9H2,1-3H3;9H,4-7H2,1-3H3;4-6H,1-3H3;4-6,8H2,1-3H3;6H,4H2,1-3H3. The summed E-state index contributed by atoms with van der Waals surface area (Å²) in [4.78, 5) is 26.7. The van der Waals surface area contributed by atoms with Gasteiger partial charge in [-0.3, -0.25) is 19.1 Å². The maximum atomic E-state index is 11.4. The van der Waals surface area contributed by atoms with Crippen LogP contribution in [0.5, 0.6) is 0 Å². The summed E-state index contributed by atoms with van der Waals surface area (Å²) in [5.74, 6) is 0.983. The predicted octanol–water partition coefficient (Wildman–Crippen LogP) is 31.4. The maximum Gasteiger partial charge on any atom is 0.407 e. The zero-order valence-electron chi connectivity index (χ0n) is 92.6. The molecule has 0 spiro atoms. The molecule has 1 aromatic carbocycles. The Labute approximate surface area is 790 Å². The van der Waals surface area contributed by atoms with Crippen molar-refractivity contribution in [1.82, 2.24) is 29.9 Å². The van der Waals surface area contributed by atoms with E-state index in [1.165, 1.54) is 119 Å². The SMILES string of the molecule is CC(C)(C)CC1CCCC1.CC(C)(C)CCC1CCCO1.CC(C)(C)CCCCC(=O)OC(C)(C)C.CC(C)(C)CCCCN.CC(C)(C)CCCCNC(=O)OC(C)(C)C.CC(C)(C)CCCCO.CC(C)(C)CCCN.CC(C)(C)CO.CC(C)(C)Cc1ccccc1.CC(C)(C)Cc1cccnc1.CC(C)(C)n1cccn1.Cn1cc(CCC(C)(C)C)cn1. The molecular weight excluding hydrogens is 1570 g/mol. The summed E-state index contributed by atoms with van der Waals surface area (Å²) in [5, 5.41) is 27.9. The fourth-order valence-corrected chi connectivity index (χ4v) is 12.5. The quantitative estimate of drug-likeness (QED) is 0.0346. The molecule has 6 rings (SSSR count). The van der Waals surface area contributed by atoms with Gasteiger partial charge in [0.05, 0.1) is 17.8 Å². The Bertz CT molecular complexity index is 3050. The minimum Gasteiger partial charge on any atom is -0.460 e. The number of carbonyl (C=O) groups is 2. The number of hydrogen-bond donors (Lipinski definition) is 5. The van der Waals surface area contributed by atoms with Crippen LogP contribution in [0, 0.1) is 65.5 Å². The number of benzene rings is 1. The summed E-state index contributed by atoms with van der Waals surface area (Å²) in [6.07, 6.45) is 45.5. The number of nitrogens with two attached hydrogens (primary N) is 2. The van der Waals surface area contributed by atoms with E-state index in [-0.39, 0.29) is 35.2 Å². The number of esters is 1. The molecule has 750 valence electrons. The molecule has 15 nitrogen and oxygen atoms in total. The number of aliphatic hydroxyl groups excluding tert-OH is 2. The number of amides is 1. The Morgan fingerprint density at radius 2 is 0.874 bits per heavy atom. The van der Waals surface area contributed by atoms with Gasteiger partial charge in [0.15, 0.2) is 0 Å². The number of nitrogens with one attached hydrogen (secondary N) is 1. The lowest BCUT2D eigenvalue weighted by molar-refractivity contribution is -0.155. The third kappa shape index (κ3) is 117.